The molecular formula is C17H20O2. The van der Waals surface area contributed by atoms with E-state index in [2.05, 4.69) is 32.0 Å². The fourth-order valence-corrected chi connectivity index (χ4v) is 2.29. The Balaban J connectivity index is 2.09. The summed E-state index contributed by atoms with van der Waals surface area (Å²) in [6, 6.07) is 14.3. The first kappa shape index (κ1) is 13.6. The van der Waals surface area contributed by atoms with Gasteiger partial charge in [0.05, 0.1) is 0 Å². The minimum Gasteiger partial charge on any atom is -0.489 e. The minimum absolute atomic E-state index is 0.143. The first-order chi connectivity index (χ1) is 9.19. The van der Waals surface area contributed by atoms with Crippen LogP contribution in [-0.2, 0) is 13.0 Å². The fraction of sp³-hybridized carbons (Fsp3) is 0.294. The lowest BCUT2D eigenvalue weighted by Gasteiger charge is -2.11. The monoisotopic (exact) mass is 256 g/mol. The number of hydrogen-bond donors (Lipinski definition) is 1. The van der Waals surface area contributed by atoms with Crippen molar-refractivity contribution < 1.29 is 9.84 Å². The van der Waals surface area contributed by atoms with Crippen LogP contribution < -0.4 is 4.74 Å². The average Bonchev–Trinajstić information content (AvgIpc) is 2.37. The largest absolute Gasteiger partial charge is 0.489 e. The van der Waals surface area contributed by atoms with Crippen molar-refractivity contribution in [2.45, 2.75) is 26.9 Å². The lowest BCUT2D eigenvalue weighted by molar-refractivity contribution is 0.284. The molecule has 1 N–H and O–H groups in total. The highest BCUT2D eigenvalue weighted by atomic mass is 16.5. The Hall–Kier alpha value is -1.80. The molecule has 0 radical (unpaired) electrons. The van der Waals surface area contributed by atoms with Crippen molar-refractivity contribution in [3.63, 3.8) is 0 Å². The van der Waals surface area contributed by atoms with Crippen molar-refractivity contribution in [3.05, 3.63) is 64.7 Å². The molecule has 2 heteroatoms. The van der Waals surface area contributed by atoms with Crippen LogP contribution in [0.25, 0.3) is 0 Å². The summed E-state index contributed by atoms with van der Waals surface area (Å²) in [6.45, 7) is 4.89. The minimum atomic E-state index is 0.143. The standard InChI is InChI=1S/C17H20O2/c1-13-9-14(2)11-15(10-13)12-19-17-6-4-3-5-16(17)7-8-18/h3-6,9-11,18H,7-8,12H2,1-2H3. The van der Waals surface area contributed by atoms with Crippen LogP contribution >= 0.6 is 0 Å². The molecular weight excluding hydrogens is 236 g/mol. The molecule has 0 fully saturated rings. The summed E-state index contributed by atoms with van der Waals surface area (Å²) < 4.78 is 5.87. The third kappa shape index (κ3) is 3.83. The highest BCUT2D eigenvalue weighted by molar-refractivity contribution is 5.34. The van der Waals surface area contributed by atoms with Gasteiger partial charge in [-0.15, -0.1) is 0 Å². The summed E-state index contributed by atoms with van der Waals surface area (Å²) in [5.41, 5.74) is 4.73. The number of benzene rings is 2. The molecule has 0 aromatic heterocycles. The average molecular weight is 256 g/mol. The highest BCUT2D eigenvalue weighted by Gasteiger charge is 2.03. The van der Waals surface area contributed by atoms with Gasteiger partial charge in [0.15, 0.2) is 0 Å². The molecule has 19 heavy (non-hydrogen) atoms. The second-order valence-electron chi connectivity index (χ2n) is 4.87. The van der Waals surface area contributed by atoms with Crippen molar-refractivity contribution in [2.24, 2.45) is 0 Å². The van der Waals surface area contributed by atoms with Crippen LogP contribution in [0.1, 0.15) is 22.3 Å². The second kappa shape index (κ2) is 6.39. The summed E-state index contributed by atoms with van der Waals surface area (Å²) in [5.74, 6) is 0.857. The van der Waals surface area contributed by atoms with E-state index in [1.807, 2.05) is 24.3 Å². The molecule has 2 aromatic rings. The lowest BCUT2D eigenvalue weighted by Crippen LogP contribution is -2.00. The molecule has 0 bridgehead atoms. The van der Waals surface area contributed by atoms with Crippen LogP contribution in [0.4, 0.5) is 0 Å². The first-order valence-electron chi connectivity index (χ1n) is 6.58. The zero-order valence-electron chi connectivity index (χ0n) is 11.5. The molecule has 0 amide bonds. The number of ether oxygens (including phenoxy) is 1. The number of aryl methyl sites for hydroxylation is 2. The van der Waals surface area contributed by atoms with Crippen LogP contribution in [0.15, 0.2) is 42.5 Å². The van der Waals surface area contributed by atoms with Gasteiger partial charge in [-0.25, -0.2) is 0 Å². The van der Waals surface area contributed by atoms with Crippen molar-refractivity contribution in [3.8, 4) is 5.75 Å². The van der Waals surface area contributed by atoms with E-state index in [1.54, 1.807) is 0 Å². The van der Waals surface area contributed by atoms with Gasteiger partial charge in [-0.3, -0.25) is 0 Å². The van der Waals surface area contributed by atoms with Crippen LogP contribution in [0.3, 0.4) is 0 Å². The number of rotatable bonds is 5. The van der Waals surface area contributed by atoms with E-state index in [0.29, 0.717) is 13.0 Å². The smallest absolute Gasteiger partial charge is 0.123 e. The van der Waals surface area contributed by atoms with Gasteiger partial charge in [0.2, 0.25) is 0 Å². The molecule has 0 aliphatic heterocycles. The van der Waals surface area contributed by atoms with Crippen LogP contribution in [0, 0.1) is 13.8 Å². The van der Waals surface area contributed by atoms with Crippen molar-refractivity contribution in [1.29, 1.82) is 0 Å². The number of aliphatic hydroxyl groups is 1. The second-order valence-corrected chi connectivity index (χ2v) is 4.87. The summed E-state index contributed by atoms with van der Waals surface area (Å²) in [5, 5.41) is 9.05. The highest BCUT2D eigenvalue weighted by Crippen LogP contribution is 2.20. The molecule has 2 aromatic carbocycles. The molecule has 2 nitrogen and oxygen atoms in total. The first-order valence-corrected chi connectivity index (χ1v) is 6.58. The van der Waals surface area contributed by atoms with Crippen LogP contribution in [0.5, 0.6) is 5.75 Å². The maximum absolute atomic E-state index is 9.05. The summed E-state index contributed by atoms with van der Waals surface area (Å²) in [6.07, 6.45) is 0.628. The lowest BCUT2D eigenvalue weighted by atomic mass is 10.1. The van der Waals surface area contributed by atoms with Gasteiger partial charge in [-0.05, 0) is 37.5 Å². The SMILES string of the molecule is Cc1cc(C)cc(COc2ccccc2CCO)c1. The molecule has 0 heterocycles. The molecule has 100 valence electrons. The van der Waals surface area contributed by atoms with E-state index in [9.17, 15) is 0 Å². The van der Waals surface area contributed by atoms with Crippen molar-refractivity contribution >= 4 is 0 Å². The third-order valence-corrected chi connectivity index (χ3v) is 3.03. The van der Waals surface area contributed by atoms with Gasteiger partial charge in [-0.2, -0.15) is 0 Å². The molecule has 0 spiro atoms. The van der Waals surface area contributed by atoms with Crippen molar-refractivity contribution in [1.82, 2.24) is 0 Å². The Morgan fingerprint density at radius 2 is 1.68 bits per heavy atom. The maximum Gasteiger partial charge on any atom is 0.123 e. The summed E-state index contributed by atoms with van der Waals surface area (Å²) >= 11 is 0. The zero-order chi connectivity index (χ0) is 13.7. The van der Waals surface area contributed by atoms with E-state index in [0.717, 1.165) is 11.3 Å². The summed E-state index contributed by atoms with van der Waals surface area (Å²) in [4.78, 5) is 0. The van der Waals surface area contributed by atoms with Crippen molar-refractivity contribution in [2.75, 3.05) is 6.61 Å². The Morgan fingerprint density at radius 1 is 1.00 bits per heavy atom. The van der Waals surface area contributed by atoms with Gasteiger partial charge in [-0.1, -0.05) is 47.5 Å². The zero-order valence-corrected chi connectivity index (χ0v) is 11.5. The molecule has 0 aliphatic carbocycles. The molecule has 0 aliphatic rings. The molecule has 0 unspecified atom stereocenters. The Labute approximate surface area is 114 Å². The van der Waals surface area contributed by atoms with E-state index in [4.69, 9.17) is 9.84 Å². The van der Waals surface area contributed by atoms with E-state index in [1.165, 1.54) is 16.7 Å². The Bertz CT molecular complexity index is 526. The number of aliphatic hydroxyl groups excluding tert-OH is 1. The maximum atomic E-state index is 9.05. The number of hydrogen-bond acceptors (Lipinski definition) is 2. The topological polar surface area (TPSA) is 29.5 Å². The predicted molar refractivity (Wildman–Crippen MR) is 77.5 cm³/mol. The molecule has 2 rings (SSSR count). The summed E-state index contributed by atoms with van der Waals surface area (Å²) in [7, 11) is 0. The van der Waals surface area contributed by atoms with Gasteiger partial charge < -0.3 is 9.84 Å². The van der Waals surface area contributed by atoms with Gasteiger partial charge in [0, 0.05) is 6.61 Å². The fourth-order valence-electron chi connectivity index (χ4n) is 2.29. The molecule has 0 atom stereocenters. The quantitative estimate of drug-likeness (QED) is 0.888. The molecule has 0 saturated carbocycles. The third-order valence-electron chi connectivity index (χ3n) is 3.03. The Morgan fingerprint density at radius 3 is 2.37 bits per heavy atom. The van der Waals surface area contributed by atoms with E-state index >= 15 is 0 Å². The molecule has 0 saturated heterocycles. The number of para-hydroxylation sites is 1. The predicted octanol–water partition coefficient (Wildman–Crippen LogP) is 3.42. The van der Waals surface area contributed by atoms with E-state index in [-0.39, 0.29) is 6.61 Å². The van der Waals surface area contributed by atoms with Gasteiger partial charge in [0.25, 0.3) is 0 Å². The van der Waals surface area contributed by atoms with Crippen LogP contribution in [0.2, 0.25) is 0 Å². The van der Waals surface area contributed by atoms with Gasteiger partial charge in [0.1, 0.15) is 12.4 Å². The van der Waals surface area contributed by atoms with E-state index < -0.39 is 0 Å². The normalized spacial score (nSPS) is 10.5. The van der Waals surface area contributed by atoms with Crippen LogP contribution in [-0.4, -0.2) is 11.7 Å². The Kier molecular flexibility index (Phi) is 4.58. The van der Waals surface area contributed by atoms with Gasteiger partial charge >= 0.3 is 0 Å².